The monoisotopic (exact) mass is 306 g/mol. The molecule has 0 fully saturated rings. The van der Waals surface area contributed by atoms with Crippen molar-refractivity contribution in [3.63, 3.8) is 0 Å². The van der Waals surface area contributed by atoms with Gasteiger partial charge in [-0.15, -0.1) is 0 Å². The van der Waals surface area contributed by atoms with Crippen LogP contribution < -0.4 is 10.5 Å². The van der Waals surface area contributed by atoms with Gasteiger partial charge >= 0.3 is 0 Å². The van der Waals surface area contributed by atoms with E-state index in [2.05, 4.69) is 11.6 Å². The minimum absolute atomic E-state index is 0.277. The van der Waals surface area contributed by atoms with Gasteiger partial charge in [0.2, 0.25) is 10.0 Å². The summed E-state index contributed by atoms with van der Waals surface area (Å²) in [5.41, 5.74) is 5.39. The third-order valence-corrected chi connectivity index (χ3v) is 4.94. The van der Waals surface area contributed by atoms with E-state index in [0.717, 1.165) is 38.5 Å². The molecule has 0 rings (SSSR count). The van der Waals surface area contributed by atoms with Crippen molar-refractivity contribution in [2.24, 2.45) is 5.73 Å². The molecule has 0 saturated carbocycles. The first kappa shape index (κ1) is 19.9. The molecule has 0 aliphatic rings. The molecule has 122 valence electrons. The summed E-state index contributed by atoms with van der Waals surface area (Å²) >= 11 is 0. The number of hydrogen-bond donors (Lipinski definition) is 2. The molecule has 3 N–H and O–H groups in total. The zero-order valence-electron chi connectivity index (χ0n) is 13.2. The van der Waals surface area contributed by atoms with Crippen LogP contribution in [0.15, 0.2) is 0 Å². The minimum atomic E-state index is -3.05. The van der Waals surface area contributed by atoms with Crippen LogP contribution in [0.5, 0.6) is 0 Å². The summed E-state index contributed by atoms with van der Waals surface area (Å²) in [6.45, 7) is 3.46. The van der Waals surface area contributed by atoms with E-state index < -0.39 is 10.0 Å². The van der Waals surface area contributed by atoms with Crippen molar-refractivity contribution >= 4 is 10.0 Å². The molecule has 0 bridgehead atoms. The first-order chi connectivity index (χ1) is 9.62. The molecular formula is C15H34N2O2S. The quantitative estimate of drug-likeness (QED) is 0.456. The highest BCUT2D eigenvalue weighted by Crippen LogP contribution is 2.08. The molecular weight excluding hydrogens is 272 g/mol. The zero-order valence-corrected chi connectivity index (χ0v) is 14.0. The second-order valence-corrected chi connectivity index (χ2v) is 7.46. The molecule has 0 aromatic heterocycles. The molecule has 0 aliphatic carbocycles. The van der Waals surface area contributed by atoms with E-state index in [4.69, 9.17) is 5.73 Å². The standard InChI is InChI=1S/C15H34N2O2S/c1-2-3-4-5-6-7-8-12-15-20(18,19)17-14-11-9-10-13-16/h17H,2-16H2,1H3. The fourth-order valence-electron chi connectivity index (χ4n) is 2.17. The normalized spacial score (nSPS) is 11.9. The third-order valence-electron chi connectivity index (χ3n) is 3.47. The average molecular weight is 307 g/mol. The lowest BCUT2D eigenvalue weighted by molar-refractivity contribution is 0.561. The van der Waals surface area contributed by atoms with Crippen molar-refractivity contribution in [2.45, 2.75) is 77.6 Å². The number of sulfonamides is 1. The Balaban J connectivity index is 3.39. The lowest BCUT2D eigenvalue weighted by Crippen LogP contribution is -2.27. The highest BCUT2D eigenvalue weighted by molar-refractivity contribution is 7.89. The Morgan fingerprint density at radius 3 is 1.95 bits per heavy atom. The zero-order chi connectivity index (χ0) is 15.1. The van der Waals surface area contributed by atoms with Gasteiger partial charge in [0.15, 0.2) is 0 Å². The molecule has 20 heavy (non-hydrogen) atoms. The first-order valence-corrected chi connectivity index (χ1v) is 9.95. The largest absolute Gasteiger partial charge is 0.330 e. The molecule has 0 atom stereocenters. The summed E-state index contributed by atoms with van der Waals surface area (Å²) in [5.74, 6) is 0.277. The third kappa shape index (κ3) is 14.3. The highest BCUT2D eigenvalue weighted by Gasteiger charge is 2.08. The Labute approximate surface area is 125 Å². The van der Waals surface area contributed by atoms with Crippen molar-refractivity contribution in [1.82, 2.24) is 4.72 Å². The van der Waals surface area contributed by atoms with Crippen molar-refractivity contribution in [3.05, 3.63) is 0 Å². The maximum Gasteiger partial charge on any atom is 0.211 e. The molecule has 0 aromatic rings. The molecule has 5 heteroatoms. The summed E-state index contributed by atoms with van der Waals surface area (Å²) in [7, 11) is -3.05. The van der Waals surface area contributed by atoms with E-state index in [0.29, 0.717) is 13.1 Å². The molecule has 0 saturated heterocycles. The lowest BCUT2D eigenvalue weighted by atomic mass is 10.1. The predicted molar refractivity (Wildman–Crippen MR) is 87.3 cm³/mol. The molecule has 0 aromatic carbocycles. The Bertz CT molecular complexity index is 292. The Morgan fingerprint density at radius 1 is 0.800 bits per heavy atom. The van der Waals surface area contributed by atoms with E-state index in [1.165, 1.54) is 32.1 Å². The molecule has 0 spiro atoms. The van der Waals surface area contributed by atoms with E-state index in [-0.39, 0.29) is 5.75 Å². The van der Waals surface area contributed by atoms with Gasteiger partial charge in [-0.05, 0) is 25.8 Å². The molecule has 0 amide bonds. The van der Waals surface area contributed by atoms with Crippen molar-refractivity contribution in [1.29, 1.82) is 0 Å². The highest BCUT2D eigenvalue weighted by atomic mass is 32.2. The average Bonchev–Trinajstić information content (AvgIpc) is 2.41. The van der Waals surface area contributed by atoms with E-state index in [1.54, 1.807) is 0 Å². The SMILES string of the molecule is CCCCCCCCCCS(=O)(=O)NCCCCCN. The number of nitrogens with two attached hydrogens (primary N) is 1. The van der Waals surface area contributed by atoms with Gasteiger partial charge in [-0.2, -0.15) is 0 Å². The van der Waals surface area contributed by atoms with E-state index in [1.807, 2.05) is 0 Å². The van der Waals surface area contributed by atoms with Crippen LogP contribution >= 0.6 is 0 Å². The van der Waals surface area contributed by atoms with Gasteiger partial charge in [0, 0.05) is 6.54 Å². The first-order valence-electron chi connectivity index (χ1n) is 8.30. The predicted octanol–water partition coefficient (Wildman–Crippen LogP) is 3.18. The molecule has 0 aliphatic heterocycles. The van der Waals surface area contributed by atoms with E-state index >= 15 is 0 Å². The van der Waals surface area contributed by atoms with Crippen LogP contribution in [0.4, 0.5) is 0 Å². The van der Waals surface area contributed by atoms with Gasteiger partial charge in [0.05, 0.1) is 5.75 Å². The van der Waals surface area contributed by atoms with Crippen LogP contribution in [0.2, 0.25) is 0 Å². The van der Waals surface area contributed by atoms with Gasteiger partial charge in [0.25, 0.3) is 0 Å². The number of hydrogen-bond acceptors (Lipinski definition) is 3. The molecule has 0 unspecified atom stereocenters. The molecule has 4 nitrogen and oxygen atoms in total. The second-order valence-electron chi connectivity index (χ2n) is 5.54. The van der Waals surface area contributed by atoms with Crippen LogP contribution in [0.25, 0.3) is 0 Å². The minimum Gasteiger partial charge on any atom is -0.330 e. The van der Waals surface area contributed by atoms with Gasteiger partial charge in [-0.25, -0.2) is 13.1 Å². The summed E-state index contributed by atoms with van der Waals surface area (Å²) in [6.07, 6.45) is 12.3. The van der Waals surface area contributed by atoms with Crippen molar-refractivity contribution < 1.29 is 8.42 Å². The Morgan fingerprint density at radius 2 is 1.35 bits per heavy atom. The fraction of sp³-hybridized carbons (Fsp3) is 1.00. The summed E-state index contributed by atoms with van der Waals surface area (Å²) in [4.78, 5) is 0. The van der Waals surface area contributed by atoms with Crippen LogP contribution in [0.3, 0.4) is 0 Å². The van der Waals surface area contributed by atoms with Crippen molar-refractivity contribution in [2.75, 3.05) is 18.8 Å². The van der Waals surface area contributed by atoms with Gasteiger partial charge in [-0.3, -0.25) is 0 Å². The summed E-state index contributed by atoms with van der Waals surface area (Å²) in [5, 5.41) is 0. The van der Waals surface area contributed by atoms with Gasteiger partial charge in [0.1, 0.15) is 0 Å². The van der Waals surface area contributed by atoms with Crippen LogP contribution in [0.1, 0.15) is 77.6 Å². The maximum atomic E-state index is 11.7. The van der Waals surface area contributed by atoms with E-state index in [9.17, 15) is 8.42 Å². The smallest absolute Gasteiger partial charge is 0.211 e. The second kappa shape index (κ2) is 13.8. The summed E-state index contributed by atoms with van der Waals surface area (Å²) in [6, 6.07) is 0. The molecule has 0 radical (unpaired) electrons. The fourth-order valence-corrected chi connectivity index (χ4v) is 3.36. The topological polar surface area (TPSA) is 72.2 Å². The van der Waals surface area contributed by atoms with Crippen molar-refractivity contribution in [3.8, 4) is 0 Å². The maximum absolute atomic E-state index is 11.7. The number of nitrogens with one attached hydrogen (secondary N) is 1. The Hall–Kier alpha value is -0.130. The van der Waals surface area contributed by atoms with Gasteiger partial charge in [-0.1, -0.05) is 58.3 Å². The molecule has 0 heterocycles. The number of unbranched alkanes of at least 4 members (excludes halogenated alkanes) is 9. The van der Waals surface area contributed by atoms with Crippen LogP contribution in [-0.2, 0) is 10.0 Å². The van der Waals surface area contributed by atoms with Crippen LogP contribution in [0, 0.1) is 0 Å². The lowest BCUT2D eigenvalue weighted by Gasteiger charge is -2.06. The van der Waals surface area contributed by atoms with Crippen LogP contribution in [-0.4, -0.2) is 27.3 Å². The number of rotatable bonds is 15. The van der Waals surface area contributed by atoms with Gasteiger partial charge < -0.3 is 5.73 Å². The summed E-state index contributed by atoms with van der Waals surface area (Å²) < 4.78 is 26.1. The Kier molecular flexibility index (Phi) is 13.7.